The molecule has 124 valence electrons. The quantitative estimate of drug-likeness (QED) is 0.795. The Balaban J connectivity index is 1.81. The zero-order chi connectivity index (χ0) is 17.0. The Morgan fingerprint density at radius 2 is 2.09 bits per heavy atom. The van der Waals surface area contributed by atoms with E-state index in [1.54, 1.807) is 43.6 Å². The molecule has 7 heteroatoms. The summed E-state index contributed by atoms with van der Waals surface area (Å²) in [6, 6.07) is 1.60. The van der Waals surface area contributed by atoms with Gasteiger partial charge in [-0.3, -0.25) is 0 Å². The van der Waals surface area contributed by atoms with Gasteiger partial charge in [-0.1, -0.05) is 11.6 Å². The van der Waals surface area contributed by atoms with E-state index < -0.39 is 17.4 Å². The van der Waals surface area contributed by atoms with Crippen LogP contribution in [0, 0.1) is 6.92 Å². The van der Waals surface area contributed by atoms with Crippen molar-refractivity contribution in [3.05, 3.63) is 34.9 Å². The third kappa shape index (κ3) is 2.87. The highest BCUT2D eigenvalue weighted by atomic mass is 35.5. The summed E-state index contributed by atoms with van der Waals surface area (Å²) in [5.41, 5.74) is -1.04. The summed E-state index contributed by atoms with van der Waals surface area (Å²) in [6.45, 7) is 7.08. The van der Waals surface area contributed by atoms with Crippen LogP contribution >= 0.6 is 11.6 Å². The molecule has 23 heavy (non-hydrogen) atoms. The average molecular weight is 340 g/mol. The van der Waals surface area contributed by atoms with Gasteiger partial charge in [0.25, 0.3) is 0 Å². The lowest BCUT2D eigenvalue weighted by molar-refractivity contribution is -0.0539. The summed E-state index contributed by atoms with van der Waals surface area (Å²) in [7, 11) is 0. The van der Waals surface area contributed by atoms with Crippen LogP contribution in [0.25, 0.3) is 5.52 Å². The van der Waals surface area contributed by atoms with Crippen LogP contribution in [0.15, 0.2) is 18.5 Å². The molecule has 1 saturated heterocycles. The molecule has 1 aliphatic heterocycles. The van der Waals surface area contributed by atoms with E-state index in [1.807, 2.05) is 6.92 Å². The van der Waals surface area contributed by atoms with Crippen molar-refractivity contribution in [2.24, 2.45) is 0 Å². The van der Waals surface area contributed by atoms with Crippen LogP contribution in [0.5, 0.6) is 0 Å². The maximum Gasteiger partial charge on any atom is 0.410 e. The number of rotatable bonds is 1. The van der Waals surface area contributed by atoms with E-state index >= 15 is 4.39 Å². The molecule has 1 fully saturated rings. The van der Waals surface area contributed by atoms with Crippen LogP contribution < -0.4 is 0 Å². The number of nitrogens with zero attached hydrogens (tertiary/aromatic N) is 3. The summed E-state index contributed by atoms with van der Waals surface area (Å²) in [5, 5.41) is 0.441. The van der Waals surface area contributed by atoms with Crippen molar-refractivity contribution in [3.8, 4) is 0 Å². The number of hydrogen-bond acceptors (Lipinski definition) is 3. The summed E-state index contributed by atoms with van der Waals surface area (Å²) in [6.07, 6.45) is 2.84. The number of carbonyl (C=O) groups is 1. The Morgan fingerprint density at radius 1 is 1.43 bits per heavy atom. The molecule has 3 heterocycles. The molecule has 0 saturated carbocycles. The van der Waals surface area contributed by atoms with Crippen LogP contribution in [-0.4, -0.2) is 39.1 Å². The van der Waals surface area contributed by atoms with Gasteiger partial charge in [0, 0.05) is 11.8 Å². The zero-order valence-electron chi connectivity index (χ0n) is 13.6. The lowest BCUT2D eigenvalue weighted by Gasteiger charge is -2.44. The van der Waals surface area contributed by atoms with E-state index in [-0.39, 0.29) is 13.1 Å². The molecule has 0 radical (unpaired) electrons. The molecule has 1 amide bonds. The van der Waals surface area contributed by atoms with Gasteiger partial charge in [0.1, 0.15) is 11.4 Å². The first-order chi connectivity index (χ1) is 10.6. The normalized spacial score (nSPS) is 17.2. The van der Waals surface area contributed by atoms with Gasteiger partial charge in [-0.05, 0) is 33.8 Å². The van der Waals surface area contributed by atoms with Crippen LogP contribution in [0.3, 0.4) is 0 Å². The maximum atomic E-state index is 15.1. The summed E-state index contributed by atoms with van der Waals surface area (Å²) >= 11 is 6.22. The zero-order valence-corrected chi connectivity index (χ0v) is 14.3. The van der Waals surface area contributed by atoms with Gasteiger partial charge in [-0.2, -0.15) is 0 Å². The Morgan fingerprint density at radius 3 is 2.70 bits per heavy atom. The van der Waals surface area contributed by atoms with Crippen molar-refractivity contribution in [2.45, 2.75) is 39.0 Å². The lowest BCUT2D eigenvalue weighted by atomic mass is 9.89. The molecule has 2 aromatic rings. The molecule has 0 unspecified atom stereocenters. The fourth-order valence-electron chi connectivity index (χ4n) is 2.62. The van der Waals surface area contributed by atoms with Crippen LogP contribution in [-0.2, 0) is 10.4 Å². The molecule has 3 rings (SSSR count). The van der Waals surface area contributed by atoms with Gasteiger partial charge in [0.2, 0.25) is 0 Å². The Bertz CT molecular complexity index is 775. The third-order valence-corrected chi connectivity index (χ3v) is 4.13. The van der Waals surface area contributed by atoms with Gasteiger partial charge in [-0.25, -0.2) is 14.2 Å². The van der Waals surface area contributed by atoms with Gasteiger partial charge < -0.3 is 14.0 Å². The number of fused-ring (bicyclic) bond motifs is 1. The van der Waals surface area contributed by atoms with E-state index in [2.05, 4.69) is 4.98 Å². The number of pyridine rings is 1. The van der Waals surface area contributed by atoms with E-state index in [4.69, 9.17) is 16.3 Å². The van der Waals surface area contributed by atoms with Crippen molar-refractivity contribution >= 4 is 23.2 Å². The number of amides is 1. The Hall–Kier alpha value is -1.82. The molecule has 0 aliphatic carbocycles. The Labute approximate surface area is 139 Å². The minimum atomic E-state index is -1.62. The Kier molecular flexibility index (Phi) is 3.55. The number of imidazole rings is 1. The number of hydrogen-bond donors (Lipinski definition) is 0. The number of ether oxygens (including phenoxy) is 1. The van der Waals surface area contributed by atoms with Gasteiger partial charge in [-0.15, -0.1) is 0 Å². The summed E-state index contributed by atoms with van der Waals surface area (Å²) in [5.74, 6) is 0.732. The fourth-order valence-corrected chi connectivity index (χ4v) is 2.88. The topological polar surface area (TPSA) is 46.8 Å². The first-order valence-corrected chi connectivity index (χ1v) is 7.77. The number of likely N-dealkylation sites (tertiary alicyclic amines) is 1. The fraction of sp³-hybridized carbons (Fsp3) is 0.500. The van der Waals surface area contributed by atoms with Crippen molar-refractivity contribution < 1.29 is 13.9 Å². The van der Waals surface area contributed by atoms with Crippen LogP contribution in [0.4, 0.5) is 9.18 Å². The lowest BCUT2D eigenvalue weighted by Crippen LogP contribution is -2.59. The largest absolute Gasteiger partial charge is 0.444 e. The second-order valence-corrected chi connectivity index (χ2v) is 7.35. The molecule has 0 spiro atoms. The standard InChI is InChI=1S/C16H19ClFN3O2/c1-10-19-6-13-12(17)5-11(7-21(10)13)16(18)8-20(9-16)14(22)23-15(2,3)4/h5-7H,8-9H2,1-4H3. The smallest absolute Gasteiger partial charge is 0.410 e. The predicted molar refractivity (Wildman–Crippen MR) is 85.5 cm³/mol. The number of carbonyl (C=O) groups excluding carboxylic acids is 1. The molecule has 1 aliphatic rings. The first-order valence-electron chi connectivity index (χ1n) is 7.40. The number of halogens is 2. The minimum Gasteiger partial charge on any atom is -0.444 e. The highest BCUT2D eigenvalue weighted by molar-refractivity contribution is 6.33. The van der Waals surface area contributed by atoms with Crippen molar-refractivity contribution in [1.82, 2.24) is 14.3 Å². The summed E-state index contributed by atoms with van der Waals surface area (Å²) in [4.78, 5) is 17.5. The minimum absolute atomic E-state index is 0.0442. The van der Waals surface area contributed by atoms with Crippen molar-refractivity contribution in [1.29, 1.82) is 0 Å². The molecule has 5 nitrogen and oxygen atoms in total. The molecule has 2 aromatic heterocycles. The highest BCUT2D eigenvalue weighted by Gasteiger charge is 2.49. The third-order valence-electron chi connectivity index (χ3n) is 3.83. The molecule has 0 N–H and O–H groups in total. The number of aromatic nitrogens is 2. The molecular formula is C16H19ClFN3O2. The SMILES string of the molecule is Cc1ncc2c(Cl)cc(C3(F)CN(C(=O)OC(C)(C)C)C3)cn12. The van der Waals surface area contributed by atoms with Gasteiger partial charge in [0.15, 0.2) is 5.67 Å². The maximum absolute atomic E-state index is 15.1. The average Bonchev–Trinajstić information content (AvgIpc) is 2.75. The molecule has 0 aromatic carbocycles. The van der Waals surface area contributed by atoms with E-state index in [0.29, 0.717) is 10.6 Å². The second-order valence-electron chi connectivity index (χ2n) is 6.94. The van der Waals surface area contributed by atoms with Crippen molar-refractivity contribution in [3.63, 3.8) is 0 Å². The van der Waals surface area contributed by atoms with Gasteiger partial charge >= 0.3 is 6.09 Å². The number of aryl methyl sites for hydroxylation is 1. The predicted octanol–water partition coefficient (Wildman–Crippen LogP) is 3.71. The first kappa shape index (κ1) is 16.1. The van der Waals surface area contributed by atoms with E-state index in [0.717, 1.165) is 11.3 Å². The van der Waals surface area contributed by atoms with E-state index in [9.17, 15) is 4.79 Å². The number of alkyl halides is 1. The summed E-state index contributed by atoms with van der Waals surface area (Å²) < 4.78 is 22.1. The molecular weight excluding hydrogens is 321 g/mol. The van der Waals surface area contributed by atoms with Crippen LogP contribution in [0.2, 0.25) is 5.02 Å². The highest BCUT2D eigenvalue weighted by Crippen LogP contribution is 2.38. The van der Waals surface area contributed by atoms with Gasteiger partial charge in [0.05, 0.1) is 29.8 Å². The van der Waals surface area contributed by atoms with Crippen LogP contribution in [0.1, 0.15) is 32.2 Å². The molecule has 0 atom stereocenters. The van der Waals surface area contributed by atoms with E-state index in [1.165, 1.54) is 4.90 Å². The monoisotopic (exact) mass is 339 g/mol. The molecule has 0 bridgehead atoms. The second kappa shape index (κ2) is 5.09. The van der Waals surface area contributed by atoms with Crippen molar-refractivity contribution in [2.75, 3.05) is 13.1 Å².